The average molecular weight is 430 g/mol. The molecule has 1 aromatic heterocycles. The van der Waals surface area contributed by atoms with E-state index in [1.165, 1.54) is 0 Å². The first-order valence-electron chi connectivity index (χ1n) is 10.7. The standard InChI is InChI=1S/C26H27N3O3/c1-32-23-11-5-4-10-22(23)24(30)29-15-12-26(13-16-29,25(27)31)17-19-7-2-3-9-21(19)20-8-6-14-28-18-20/h2-11,14,18H,12-13,15-17H2,1H3,(H2,27,31). The van der Waals surface area contributed by atoms with Gasteiger partial charge in [-0.15, -0.1) is 0 Å². The number of amides is 2. The van der Waals surface area contributed by atoms with Crippen molar-refractivity contribution in [2.75, 3.05) is 20.2 Å². The number of benzene rings is 2. The lowest BCUT2D eigenvalue weighted by Gasteiger charge is -2.40. The van der Waals surface area contributed by atoms with Crippen LogP contribution in [0.2, 0.25) is 0 Å². The molecule has 1 aliphatic heterocycles. The molecule has 1 fully saturated rings. The minimum atomic E-state index is -0.699. The lowest BCUT2D eigenvalue weighted by Crippen LogP contribution is -2.50. The van der Waals surface area contributed by atoms with Crippen LogP contribution in [0.25, 0.3) is 11.1 Å². The average Bonchev–Trinajstić information content (AvgIpc) is 2.85. The van der Waals surface area contributed by atoms with Gasteiger partial charge in [-0.2, -0.15) is 0 Å². The van der Waals surface area contributed by atoms with E-state index in [0.717, 1.165) is 16.7 Å². The van der Waals surface area contributed by atoms with Gasteiger partial charge in [-0.05, 0) is 48.6 Å². The zero-order chi connectivity index (χ0) is 22.6. The molecular formula is C26H27N3O3. The van der Waals surface area contributed by atoms with Gasteiger partial charge in [0.2, 0.25) is 5.91 Å². The molecular weight excluding hydrogens is 402 g/mol. The lowest BCUT2D eigenvalue weighted by atomic mass is 9.72. The number of primary amides is 1. The van der Waals surface area contributed by atoms with E-state index in [0.29, 0.717) is 43.7 Å². The first-order chi connectivity index (χ1) is 15.5. The fourth-order valence-corrected chi connectivity index (χ4v) is 4.48. The molecule has 2 aromatic carbocycles. The number of rotatable bonds is 6. The maximum atomic E-state index is 13.1. The quantitative estimate of drug-likeness (QED) is 0.647. The van der Waals surface area contributed by atoms with Crippen molar-refractivity contribution in [1.29, 1.82) is 0 Å². The van der Waals surface area contributed by atoms with Crippen LogP contribution in [0, 0.1) is 5.41 Å². The number of para-hydroxylation sites is 1. The number of pyridine rings is 1. The number of aromatic nitrogens is 1. The van der Waals surface area contributed by atoms with E-state index in [9.17, 15) is 9.59 Å². The molecule has 2 N–H and O–H groups in total. The molecule has 1 aliphatic rings. The number of piperidine rings is 1. The molecule has 0 atom stereocenters. The van der Waals surface area contributed by atoms with Gasteiger partial charge in [0.25, 0.3) is 5.91 Å². The summed E-state index contributed by atoms with van der Waals surface area (Å²) in [6, 6.07) is 19.2. The topological polar surface area (TPSA) is 85.5 Å². The van der Waals surface area contributed by atoms with E-state index < -0.39 is 5.41 Å². The van der Waals surface area contributed by atoms with Crippen LogP contribution in [0.1, 0.15) is 28.8 Å². The number of nitrogens with zero attached hydrogens (tertiary/aromatic N) is 2. The molecule has 0 saturated carbocycles. The number of nitrogens with two attached hydrogens (primary N) is 1. The van der Waals surface area contributed by atoms with Crippen molar-refractivity contribution in [1.82, 2.24) is 9.88 Å². The Labute approximate surface area is 188 Å². The van der Waals surface area contributed by atoms with Crippen molar-refractivity contribution in [2.24, 2.45) is 11.1 Å². The van der Waals surface area contributed by atoms with Crippen molar-refractivity contribution >= 4 is 11.8 Å². The Morgan fingerprint density at radius 1 is 1.03 bits per heavy atom. The van der Waals surface area contributed by atoms with Crippen molar-refractivity contribution < 1.29 is 14.3 Å². The van der Waals surface area contributed by atoms with Crippen LogP contribution in [0.5, 0.6) is 5.75 Å². The van der Waals surface area contributed by atoms with E-state index in [1.54, 1.807) is 30.3 Å². The maximum absolute atomic E-state index is 13.1. The molecule has 6 nitrogen and oxygen atoms in total. The van der Waals surface area contributed by atoms with E-state index in [-0.39, 0.29) is 11.8 Å². The summed E-state index contributed by atoms with van der Waals surface area (Å²) >= 11 is 0. The van der Waals surface area contributed by atoms with Crippen molar-refractivity contribution in [3.05, 3.63) is 84.2 Å². The van der Waals surface area contributed by atoms with E-state index in [4.69, 9.17) is 10.5 Å². The minimum Gasteiger partial charge on any atom is -0.496 e. The normalized spacial score (nSPS) is 15.2. The zero-order valence-corrected chi connectivity index (χ0v) is 18.2. The first kappa shape index (κ1) is 21.6. The molecule has 1 saturated heterocycles. The molecule has 164 valence electrons. The number of ether oxygens (including phenoxy) is 1. The van der Waals surface area contributed by atoms with Gasteiger partial charge in [-0.1, -0.05) is 42.5 Å². The van der Waals surface area contributed by atoms with Gasteiger partial charge < -0.3 is 15.4 Å². The summed E-state index contributed by atoms with van der Waals surface area (Å²) in [4.78, 5) is 31.8. The smallest absolute Gasteiger partial charge is 0.257 e. The highest BCUT2D eigenvalue weighted by atomic mass is 16.5. The molecule has 32 heavy (non-hydrogen) atoms. The third-order valence-corrected chi connectivity index (χ3v) is 6.39. The maximum Gasteiger partial charge on any atom is 0.257 e. The Kier molecular flexibility index (Phi) is 6.21. The monoisotopic (exact) mass is 429 g/mol. The Morgan fingerprint density at radius 2 is 1.75 bits per heavy atom. The van der Waals surface area contributed by atoms with Gasteiger partial charge in [-0.3, -0.25) is 14.6 Å². The zero-order valence-electron chi connectivity index (χ0n) is 18.2. The number of methoxy groups -OCH3 is 1. The fourth-order valence-electron chi connectivity index (χ4n) is 4.48. The number of hydrogen-bond acceptors (Lipinski definition) is 4. The third-order valence-electron chi connectivity index (χ3n) is 6.39. The van der Waals surface area contributed by atoms with Gasteiger partial charge in [0.05, 0.1) is 18.1 Å². The first-order valence-corrected chi connectivity index (χ1v) is 10.7. The Balaban J connectivity index is 1.55. The van der Waals surface area contributed by atoms with Gasteiger partial charge in [0.15, 0.2) is 0 Å². The highest BCUT2D eigenvalue weighted by Gasteiger charge is 2.41. The highest BCUT2D eigenvalue weighted by Crippen LogP contribution is 2.38. The Bertz CT molecular complexity index is 1110. The molecule has 3 aromatic rings. The molecule has 2 heterocycles. The molecule has 0 radical (unpaired) electrons. The predicted octanol–water partition coefficient (Wildman–Crippen LogP) is 3.71. The molecule has 0 bridgehead atoms. The second-order valence-corrected chi connectivity index (χ2v) is 8.21. The summed E-state index contributed by atoms with van der Waals surface area (Å²) < 4.78 is 5.34. The van der Waals surface area contributed by atoms with E-state index in [1.807, 2.05) is 54.7 Å². The molecule has 2 amide bonds. The van der Waals surface area contributed by atoms with Crippen LogP contribution in [0.4, 0.5) is 0 Å². The lowest BCUT2D eigenvalue weighted by molar-refractivity contribution is -0.130. The number of likely N-dealkylation sites (tertiary alicyclic amines) is 1. The minimum absolute atomic E-state index is 0.0868. The molecule has 6 heteroatoms. The Morgan fingerprint density at radius 3 is 2.44 bits per heavy atom. The largest absolute Gasteiger partial charge is 0.496 e. The molecule has 4 rings (SSSR count). The number of hydrogen-bond donors (Lipinski definition) is 1. The van der Waals surface area contributed by atoms with Crippen LogP contribution >= 0.6 is 0 Å². The van der Waals surface area contributed by atoms with E-state index >= 15 is 0 Å². The SMILES string of the molecule is COc1ccccc1C(=O)N1CCC(Cc2ccccc2-c2cccnc2)(C(N)=O)CC1. The van der Waals surface area contributed by atoms with Crippen LogP contribution < -0.4 is 10.5 Å². The van der Waals surface area contributed by atoms with Crippen LogP contribution in [-0.4, -0.2) is 41.9 Å². The third kappa shape index (κ3) is 4.21. The summed E-state index contributed by atoms with van der Waals surface area (Å²) in [7, 11) is 1.56. The van der Waals surface area contributed by atoms with Crippen LogP contribution in [0.15, 0.2) is 73.1 Å². The summed E-state index contributed by atoms with van der Waals surface area (Å²) in [6.07, 6.45) is 5.13. The van der Waals surface area contributed by atoms with Crippen molar-refractivity contribution in [2.45, 2.75) is 19.3 Å². The van der Waals surface area contributed by atoms with Crippen molar-refractivity contribution in [3.8, 4) is 16.9 Å². The fraction of sp³-hybridized carbons (Fsp3) is 0.269. The van der Waals surface area contributed by atoms with Gasteiger partial charge in [-0.25, -0.2) is 0 Å². The van der Waals surface area contributed by atoms with Crippen LogP contribution in [0.3, 0.4) is 0 Å². The molecule has 0 spiro atoms. The molecule has 0 unspecified atom stereocenters. The second kappa shape index (κ2) is 9.22. The summed E-state index contributed by atoms with van der Waals surface area (Å²) in [5.41, 5.74) is 8.89. The van der Waals surface area contributed by atoms with Gasteiger partial charge >= 0.3 is 0 Å². The highest BCUT2D eigenvalue weighted by molar-refractivity contribution is 5.97. The summed E-state index contributed by atoms with van der Waals surface area (Å²) in [5.74, 6) is 0.147. The predicted molar refractivity (Wildman–Crippen MR) is 123 cm³/mol. The summed E-state index contributed by atoms with van der Waals surface area (Å²) in [5, 5.41) is 0. The van der Waals surface area contributed by atoms with Crippen molar-refractivity contribution in [3.63, 3.8) is 0 Å². The van der Waals surface area contributed by atoms with E-state index in [2.05, 4.69) is 4.98 Å². The Hall–Kier alpha value is -3.67. The second-order valence-electron chi connectivity index (χ2n) is 8.21. The molecule has 0 aliphatic carbocycles. The van der Waals surface area contributed by atoms with Gasteiger partial charge in [0.1, 0.15) is 5.75 Å². The summed E-state index contributed by atoms with van der Waals surface area (Å²) in [6.45, 7) is 0.934. The number of carbonyl (C=O) groups is 2. The van der Waals surface area contributed by atoms with Crippen LogP contribution in [-0.2, 0) is 11.2 Å². The van der Waals surface area contributed by atoms with Gasteiger partial charge in [0, 0.05) is 31.0 Å². The number of carbonyl (C=O) groups excluding carboxylic acids is 2.